The van der Waals surface area contributed by atoms with Gasteiger partial charge in [-0.1, -0.05) is 6.07 Å². The third-order valence-electron chi connectivity index (χ3n) is 3.55. The molecule has 140 valence electrons. The summed E-state index contributed by atoms with van der Waals surface area (Å²) in [5, 5.41) is 0.545. The predicted octanol–water partition coefficient (Wildman–Crippen LogP) is 2.98. The number of fused-ring (bicyclic) bond motifs is 1. The van der Waals surface area contributed by atoms with Crippen LogP contribution in [0.5, 0.6) is 5.75 Å². The van der Waals surface area contributed by atoms with Crippen LogP contribution >= 0.6 is 0 Å². The highest BCUT2D eigenvalue weighted by molar-refractivity contribution is 5.99. The van der Waals surface area contributed by atoms with Crippen molar-refractivity contribution in [3.8, 4) is 5.75 Å². The Balaban J connectivity index is 2.62. The first kappa shape index (κ1) is 19.5. The van der Waals surface area contributed by atoms with Gasteiger partial charge in [0.2, 0.25) is 5.91 Å². The second-order valence-electron chi connectivity index (χ2n) is 7.21. The Morgan fingerprint density at radius 3 is 2.35 bits per heavy atom. The summed E-state index contributed by atoms with van der Waals surface area (Å²) in [7, 11) is 3.31. The van der Waals surface area contributed by atoms with Crippen molar-refractivity contribution in [3.63, 3.8) is 0 Å². The van der Waals surface area contributed by atoms with Crippen LogP contribution in [0.15, 0.2) is 24.4 Å². The van der Waals surface area contributed by atoms with Gasteiger partial charge in [0.1, 0.15) is 11.4 Å². The minimum absolute atomic E-state index is 0.0670. The summed E-state index contributed by atoms with van der Waals surface area (Å²) in [6, 6.07) is 5.03. The van der Waals surface area contributed by atoms with Crippen LogP contribution in [-0.2, 0) is 20.7 Å². The summed E-state index contributed by atoms with van der Waals surface area (Å²) in [6.07, 6.45) is 1.07. The van der Waals surface area contributed by atoms with Gasteiger partial charge in [-0.05, 0) is 38.5 Å². The molecule has 0 atom stereocenters. The molecule has 0 saturated carbocycles. The Kier molecular flexibility index (Phi) is 5.39. The zero-order chi connectivity index (χ0) is 19.6. The molecule has 0 bridgehead atoms. The monoisotopic (exact) mass is 360 g/mol. The lowest BCUT2D eigenvalue weighted by atomic mass is 10.1. The molecule has 0 aliphatic rings. The number of amides is 1. The first-order valence-corrected chi connectivity index (χ1v) is 8.24. The Morgan fingerprint density at radius 2 is 1.81 bits per heavy atom. The molecule has 7 nitrogen and oxygen atoms in total. The first-order valence-electron chi connectivity index (χ1n) is 8.24. The van der Waals surface area contributed by atoms with Crippen molar-refractivity contribution in [2.24, 2.45) is 0 Å². The van der Waals surface area contributed by atoms with E-state index in [9.17, 15) is 14.4 Å². The highest BCUT2D eigenvalue weighted by atomic mass is 16.6. The maximum absolute atomic E-state index is 12.6. The second-order valence-corrected chi connectivity index (χ2v) is 7.21. The van der Waals surface area contributed by atoms with E-state index in [0.29, 0.717) is 22.2 Å². The Hall–Kier alpha value is -2.83. The summed E-state index contributed by atoms with van der Waals surface area (Å²) in [5.74, 6) is -0.308. The number of aromatic nitrogens is 1. The topological polar surface area (TPSA) is 77.8 Å². The van der Waals surface area contributed by atoms with Gasteiger partial charge in [0, 0.05) is 32.6 Å². The van der Waals surface area contributed by atoms with Crippen LogP contribution in [-0.4, -0.2) is 47.1 Å². The molecule has 0 spiro atoms. The van der Waals surface area contributed by atoms with E-state index < -0.39 is 17.7 Å². The van der Waals surface area contributed by atoms with E-state index in [0.717, 1.165) is 0 Å². The highest BCUT2D eigenvalue weighted by Crippen LogP contribution is 2.32. The molecule has 0 radical (unpaired) electrons. The number of ether oxygens (including phenoxy) is 2. The van der Waals surface area contributed by atoms with Crippen LogP contribution in [0.3, 0.4) is 0 Å². The van der Waals surface area contributed by atoms with Crippen molar-refractivity contribution in [1.82, 2.24) is 9.47 Å². The molecule has 0 aliphatic heterocycles. The van der Waals surface area contributed by atoms with Crippen LogP contribution in [0.2, 0.25) is 0 Å². The molecule has 1 amide bonds. The molecule has 1 heterocycles. The molecule has 0 fully saturated rings. The van der Waals surface area contributed by atoms with E-state index in [2.05, 4.69) is 0 Å². The zero-order valence-corrected chi connectivity index (χ0v) is 16.0. The normalized spacial score (nSPS) is 11.3. The van der Waals surface area contributed by atoms with Gasteiger partial charge < -0.3 is 14.4 Å². The fourth-order valence-electron chi connectivity index (χ4n) is 2.49. The summed E-state index contributed by atoms with van der Waals surface area (Å²) < 4.78 is 12.1. The maximum atomic E-state index is 12.6. The fraction of sp³-hybridized carbons (Fsp3) is 0.421. The van der Waals surface area contributed by atoms with Crippen molar-refractivity contribution in [1.29, 1.82) is 0 Å². The van der Waals surface area contributed by atoms with Gasteiger partial charge in [-0.3, -0.25) is 14.2 Å². The lowest BCUT2D eigenvalue weighted by Crippen LogP contribution is -2.26. The van der Waals surface area contributed by atoms with E-state index in [4.69, 9.17) is 9.47 Å². The molecule has 2 rings (SSSR count). The van der Waals surface area contributed by atoms with Crippen LogP contribution in [0.25, 0.3) is 10.9 Å². The first-order chi connectivity index (χ1) is 12.0. The minimum Gasteiger partial charge on any atom is -0.443 e. The van der Waals surface area contributed by atoms with E-state index in [1.165, 1.54) is 16.4 Å². The summed E-state index contributed by atoms with van der Waals surface area (Å²) in [6.45, 7) is 6.63. The van der Waals surface area contributed by atoms with Gasteiger partial charge in [-0.25, -0.2) is 4.79 Å². The van der Waals surface area contributed by atoms with Gasteiger partial charge in [0.25, 0.3) is 0 Å². The number of hydrogen-bond donors (Lipinski definition) is 0. The predicted molar refractivity (Wildman–Crippen MR) is 97.3 cm³/mol. The number of esters is 1. The van der Waals surface area contributed by atoms with Gasteiger partial charge in [-0.15, -0.1) is 0 Å². The summed E-state index contributed by atoms with van der Waals surface area (Å²) in [5.41, 5.74) is 0.432. The SMILES string of the molecule is CC(=O)Oc1cccc2c1c(CC(=O)N(C)C)cn2C(=O)OC(C)(C)C. The standard InChI is InChI=1S/C19H24N2O5/c1-12(22)25-15-9-7-8-14-17(15)13(10-16(23)20(5)6)11-21(14)18(24)26-19(2,3)4/h7-9,11H,10H2,1-6H3. The van der Waals surface area contributed by atoms with Crippen LogP contribution in [0, 0.1) is 0 Å². The molecular formula is C19H24N2O5. The largest absolute Gasteiger partial charge is 0.443 e. The second kappa shape index (κ2) is 7.19. The average molecular weight is 360 g/mol. The Labute approximate surface area is 152 Å². The number of carbonyl (C=O) groups excluding carboxylic acids is 3. The molecular weight excluding hydrogens is 336 g/mol. The molecule has 0 unspecified atom stereocenters. The fourth-order valence-corrected chi connectivity index (χ4v) is 2.49. The van der Waals surface area contributed by atoms with Crippen molar-refractivity contribution < 1.29 is 23.9 Å². The molecule has 0 saturated heterocycles. The molecule has 0 aliphatic carbocycles. The van der Waals surface area contributed by atoms with Crippen LogP contribution < -0.4 is 4.74 Å². The molecule has 1 aromatic carbocycles. The van der Waals surface area contributed by atoms with Crippen LogP contribution in [0.4, 0.5) is 4.79 Å². The summed E-state index contributed by atoms with van der Waals surface area (Å²) >= 11 is 0. The van der Waals surface area contributed by atoms with Gasteiger partial charge in [-0.2, -0.15) is 0 Å². The maximum Gasteiger partial charge on any atom is 0.419 e. The van der Waals surface area contributed by atoms with Crippen LogP contribution in [0.1, 0.15) is 33.3 Å². The van der Waals surface area contributed by atoms with E-state index in [1.807, 2.05) is 0 Å². The van der Waals surface area contributed by atoms with Gasteiger partial charge >= 0.3 is 12.1 Å². The van der Waals surface area contributed by atoms with Crippen molar-refractivity contribution in [2.45, 2.75) is 39.7 Å². The zero-order valence-electron chi connectivity index (χ0n) is 16.0. The smallest absolute Gasteiger partial charge is 0.419 e. The van der Waals surface area contributed by atoms with E-state index in [-0.39, 0.29) is 12.3 Å². The molecule has 2 aromatic rings. The van der Waals surface area contributed by atoms with Gasteiger partial charge in [0.05, 0.1) is 11.9 Å². The molecule has 26 heavy (non-hydrogen) atoms. The number of carbonyl (C=O) groups is 3. The molecule has 0 N–H and O–H groups in total. The Morgan fingerprint density at radius 1 is 1.15 bits per heavy atom. The van der Waals surface area contributed by atoms with Gasteiger partial charge in [0.15, 0.2) is 0 Å². The average Bonchev–Trinajstić information content (AvgIpc) is 2.84. The molecule has 1 aromatic heterocycles. The lowest BCUT2D eigenvalue weighted by molar-refractivity contribution is -0.131. The van der Waals surface area contributed by atoms with E-state index >= 15 is 0 Å². The van der Waals surface area contributed by atoms with Crippen molar-refractivity contribution in [3.05, 3.63) is 30.0 Å². The Bertz CT molecular complexity index is 859. The van der Waals surface area contributed by atoms with E-state index in [1.54, 1.807) is 59.3 Å². The minimum atomic E-state index is -0.666. The number of benzene rings is 1. The lowest BCUT2D eigenvalue weighted by Gasteiger charge is -2.19. The number of hydrogen-bond acceptors (Lipinski definition) is 5. The quantitative estimate of drug-likeness (QED) is 0.621. The van der Waals surface area contributed by atoms with Crippen molar-refractivity contribution in [2.75, 3.05) is 14.1 Å². The highest BCUT2D eigenvalue weighted by Gasteiger charge is 2.23. The third kappa shape index (κ3) is 4.41. The number of rotatable bonds is 3. The van der Waals surface area contributed by atoms with Crippen molar-refractivity contribution >= 4 is 28.9 Å². The summed E-state index contributed by atoms with van der Waals surface area (Å²) in [4.78, 5) is 37.7. The number of likely N-dealkylation sites (N-methyl/N-ethyl adjacent to an activating group) is 1. The number of nitrogens with zero attached hydrogens (tertiary/aromatic N) is 2. The molecule has 7 heteroatoms. The third-order valence-corrected chi connectivity index (χ3v) is 3.55.